The molecule has 0 amide bonds. The summed E-state index contributed by atoms with van der Waals surface area (Å²) in [7, 11) is 0. The molecule has 3 heterocycles. The first-order chi connectivity index (χ1) is 13.8. The van der Waals surface area contributed by atoms with Gasteiger partial charge in [0, 0.05) is 25.0 Å². The Labute approximate surface area is 173 Å². The second-order valence-corrected chi connectivity index (χ2v) is 9.82. The SMILES string of the molecule is Fc1ccc(-c2ccc3c(c2)sc2c4ccc(-c5cccs5)cc4sc32)cc1. The molecule has 0 bridgehead atoms. The van der Waals surface area contributed by atoms with Gasteiger partial charge >= 0.3 is 0 Å². The predicted octanol–water partition coefficient (Wildman–Crippen LogP) is 8.80. The second-order valence-electron chi connectivity index (χ2n) is 6.77. The molecule has 0 aliphatic carbocycles. The Balaban J connectivity index is 1.52. The topological polar surface area (TPSA) is 0 Å². The Kier molecular flexibility index (Phi) is 3.66. The standard InChI is InChI=1S/C24H13FS3/c25-17-7-3-14(4-8-17)15-5-9-18-21(12-15)27-24-19-10-6-16(20-2-1-11-26-20)13-22(19)28-23(18)24/h1-13H. The molecule has 0 N–H and O–H groups in total. The van der Waals surface area contributed by atoms with Crippen LogP contribution in [-0.2, 0) is 0 Å². The highest BCUT2D eigenvalue weighted by Crippen LogP contribution is 2.46. The highest BCUT2D eigenvalue weighted by Gasteiger charge is 2.13. The van der Waals surface area contributed by atoms with Crippen LogP contribution >= 0.6 is 34.0 Å². The van der Waals surface area contributed by atoms with E-state index in [4.69, 9.17) is 0 Å². The summed E-state index contributed by atoms with van der Waals surface area (Å²) in [6, 6.07) is 24.4. The van der Waals surface area contributed by atoms with Crippen LogP contribution in [-0.4, -0.2) is 0 Å². The molecular weight excluding hydrogens is 403 g/mol. The fourth-order valence-electron chi connectivity index (χ4n) is 3.67. The third-order valence-electron chi connectivity index (χ3n) is 5.07. The van der Waals surface area contributed by atoms with Gasteiger partial charge < -0.3 is 0 Å². The third kappa shape index (κ3) is 2.53. The molecule has 0 nitrogen and oxygen atoms in total. The van der Waals surface area contributed by atoms with Gasteiger partial charge in [-0.2, -0.15) is 0 Å². The molecule has 0 aliphatic rings. The third-order valence-corrected chi connectivity index (χ3v) is 8.49. The first-order valence-corrected chi connectivity index (χ1v) is 11.5. The van der Waals surface area contributed by atoms with E-state index in [1.165, 1.54) is 52.1 Å². The van der Waals surface area contributed by atoms with Gasteiger partial charge in [-0.3, -0.25) is 0 Å². The molecule has 134 valence electrons. The fourth-order valence-corrected chi connectivity index (χ4v) is 7.13. The number of thiophene rings is 3. The molecule has 0 atom stereocenters. The average molecular weight is 417 g/mol. The summed E-state index contributed by atoms with van der Waals surface area (Å²) >= 11 is 5.51. The zero-order chi connectivity index (χ0) is 18.7. The summed E-state index contributed by atoms with van der Waals surface area (Å²) in [6.07, 6.45) is 0. The maximum atomic E-state index is 13.2. The maximum absolute atomic E-state index is 13.2. The monoisotopic (exact) mass is 416 g/mol. The van der Waals surface area contributed by atoms with E-state index in [2.05, 4.69) is 53.9 Å². The van der Waals surface area contributed by atoms with E-state index >= 15 is 0 Å². The van der Waals surface area contributed by atoms with Gasteiger partial charge in [-0.05, 0) is 52.4 Å². The van der Waals surface area contributed by atoms with Crippen molar-refractivity contribution in [2.45, 2.75) is 0 Å². The molecule has 0 aliphatic heterocycles. The largest absolute Gasteiger partial charge is 0.207 e. The van der Waals surface area contributed by atoms with Crippen LogP contribution in [0.25, 0.3) is 51.1 Å². The van der Waals surface area contributed by atoms with Gasteiger partial charge in [0.2, 0.25) is 0 Å². The first kappa shape index (κ1) is 16.4. The molecule has 0 saturated heterocycles. The fraction of sp³-hybridized carbons (Fsp3) is 0. The average Bonchev–Trinajstić information content (AvgIpc) is 3.43. The van der Waals surface area contributed by atoms with E-state index in [0.717, 1.165) is 11.1 Å². The minimum Gasteiger partial charge on any atom is -0.207 e. The van der Waals surface area contributed by atoms with Crippen LogP contribution in [0.1, 0.15) is 0 Å². The Morgan fingerprint density at radius 2 is 1.21 bits per heavy atom. The molecule has 0 unspecified atom stereocenters. The highest BCUT2D eigenvalue weighted by molar-refractivity contribution is 7.36. The van der Waals surface area contributed by atoms with E-state index in [1.54, 1.807) is 11.3 Å². The lowest BCUT2D eigenvalue weighted by Crippen LogP contribution is -1.78. The van der Waals surface area contributed by atoms with Gasteiger partial charge in [0.15, 0.2) is 0 Å². The summed E-state index contributed by atoms with van der Waals surface area (Å²) in [5, 5.41) is 4.77. The Morgan fingerprint density at radius 3 is 1.86 bits per heavy atom. The molecule has 28 heavy (non-hydrogen) atoms. The highest BCUT2D eigenvalue weighted by atomic mass is 32.1. The lowest BCUT2D eigenvalue weighted by atomic mass is 10.0. The van der Waals surface area contributed by atoms with Crippen LogP contribution in [0.5, 0.6) is 0 Å². The van der Waals surface area contributed by atoms with E-state index in [1.807, 2.05) is 34.8 Å². The molecule has 3 aromatic carbocycles. The molecule has 0 spiro atoms. The molecule has 3 aromatic heterocycles. The van der Waals surface area contributed by atoms with Crippen molar-refractivity contribution in [3.8, 4) is 21.6 Å². The molecule has 6 aromatic rings. The summed E-state index contributed by atoms with van der Waals surface area (Å²) < 4.78 is 18.6. The van der Waals surface area contributed by atoms with Gasteiger partial charge in [0.1, 0.15) is 5.82 Å². The van der Waals surface area contributed by atoms with Crippen molar-refractivity contribution in [3.05, 3.63) is 84.0 Å². The predicted molar refractivity (Wildman–Crippen MR) is 123 cm³/mol. The molecule has 4 heteroatoms. The lowest BCUT2D eigenvalue weighted by molar-refractivity contribution is 0.628. The second kappa shape index (κ2) is 6.24. The number of fused-ring (bicyclic) bond motifs is 5. The van der Waals surface area contributed by atoms with Gasteiger partial charge in [-0.15, -0.1) is 34.0 Å². The van der Waals surface area contributed by atoms with Crippen molar-refractivity contribution in [2.75, 3.05) is 0 Å². The molecule has 0 radical (unpaired) electrons. The van der Waals surface area contributed by atoms with Crippen LogP contribution in [0, 0.1) is 5.82 Å². The molecule has 6 rings (SSSR count). The quantitative estimate of drug-likeness (QED) is 0.264. The number of hydrogen-bond acceptors (Lipinski definition) is 3. The van der Waals surface area contributed by atoms with E-state index in [-0.39, 0.29) is 5.82 Å². The Hall–Kier alpha value is -2.53. The first-order valence-electron chi connectivity index (χ1n) is 8.95. The summed E-state index contributed by atoms with van der Waals surface area (Å²) in [6.45, 7) is 0. The van der Waals surface area contributed by atoms with Gasteiger partial charge in [0.25, 0.3) is 0 Å². The normalized spacial score (nSPS) is 11.8. The van der Waals surface area contributed by atoms with Gasteiger partial charge in [0.05, 0.1) is 9.40 Å². The van der Waals surface area contributed by atoms with Crippen molar-refractivity contribution in [1.82, 2.24) is 0 Å². The van der Waals surface area contributed by atoms with Crippen LogP contribution in [0.2, 0.25) is 0 Å². The summed E-state index contributed by atoms with van der Waals surface area (Å²) in [4.78, 5) is 1.31. The van der Waals surface area contributed by atoms with E-state index in [0.29, 0.717) is 0 Å². The van der Waals surface area contributed by atoms with Crippen molar-refractivity contribution >= 4 is 63.6 Å². The maximum Gasteiger partial charge on any atom is 0.123 e. The Bertz CT molecular complexity index is 1450. The van der Waals surface area contributed by atoms with Gasteiger partial charge in [-0.25, -0.2) is 4.39 Å². The van der Waals surface area contributed by atoms with Crippen molar-refractivity contribution < 1.29 is 4.39 Å². The van der Waals surface area contributed by atoms with Crippen molar-refractivity contribution in [3.63, 3.8) is 0 Å². The van der Waals surface area contributed by atoms with Gasteiger partial charge in [-0.1, -0.05) is 42.5 Å². The number of rotatable bonds is 2. The summed E-state index contributed by atoms with van der Waals surface area (Å²) in [5.74, 6) is -0.199. The number of hydrogen-bond donors (Lipinski definition) is 0. The van der Waals surface area contributed by atoms with E-state index in [9.17, 15) is 4.39 Å². The van der Waals surface area contributed by atoms with Crippen LogP contribution in [0.15, 0.2) is 78.2 Å². The number of halogens is 1. The lowest BCUT2D eigenvalue weighted by Gasteiger charge is -2.02. The minimum absolute atomic E-state index is 0.199. The van der Waals surface area contributed by atoms with Crippen LogP contribution in [0.3, 0.4) is 0 Å². The van der Waals surface area contributed by atoms with Crippen LogP contribution < -0.4 is 0 Å². The zero-order valence-corrected chi connectivity index (χ0v) is 17.1. The van der Waals surface area contributed by atoms with Crippen molar-refractivity contribution in [1.29, 1.82) is 0 Å². The molecule has 0 saturated carbocycles. The van der Waals surface area contributed by atoms with E-state index < -0.39 is 0 Å². The Morgan fingerprint density at radius 1 is 0.607 bits per heavy atom. The van der Waals surface area contributed by atoms with Crippen LogP contribution in [0.4, 0.5) is 4.39 Å². The van der Waals surface area contributed by atoms with Crippen molar-refractivity contribution in [2.24, 2.45) is 0 Å². The minimum atomic E-state index is -0.199. The zero-order valence-electron chi connectivity index (χ0n) is 14.6. The summed E-state index contributed by atoms with van der Waals surface area (Å²) in [5.41, 5.74) is 3.47. The molecular formula is C24H13FS3. The molecule has 0 fully saturated rings. The smallest absolute Gasteiger partial charge is 0.123 e. The number of benzene rings is 3.